The van der Waals surface area contributed by atoms with Gasteiger partial charge in [-0.15, -0.1) is 0 Å². The van der Waals surface area contributed by atoms with Gasteiger partial charge in [-0.3, -0.25) is 4.72 Å². The fourth-order valence-electron chi connectivity index (χ4n) is 1.80. The van der Waals surface area contributed by atoms with Crippen LogP contribution in [0.4, 0.5) is 5.69 Å². The molecular weight excluding hydrogens is 294 g/mol. The van der Waals surface area contributed by atoms with Crippen molar-refractivity contribution < 1.29 is 8.42 Å². The Morgan fingerprint density at radius 2 is 1.70 bits per heavy atom. The van der Waals surface area contributed by atoms with E-state index in [4.69, 9.17) is 11.6 Å². The summed E-state index contributed by atoms with van der Waals surface area (Å²) in [6.07, 6.45) is 0. The second-order valence-electron chi connectivity index (χ2n) is 4.84. The topological polar surface area (TPSA) is 46.2 Å². The number of benzene rings is 2. The highest BCUT2D eigenvalue weighted by atomic mass is 35.5. The van der Waals surface area contributed by atoms with Gasteiger partial charge in [0.25, 0.3) is 10.0 Å². The Morgan fingerprint density at radius 1 is 1.05 bits per heavy atom. The Bertz CT molecular complexity index is 694. The molecule has 0 unspecified atom stereocenters. The van der Waals surface area contributed by atoms with E-state index in [2.05, 4.69) is 18.6 Å². The van der Waals surface area contributed by atoms with Crippen LogP contribution in [0.3, 0.4) is 0 Å². The lowest BCUT2D eigenvalue weighted by atomic mass is 10.0. The number of halogens is 1. The van der Waals surface area contributed by atoms with Gasteiger partial charge in [-0.25, -0.2) is 8.42 Å². The quantitative estimate of drug-likeness (QED) is 0.917. The first-order chi connectivity index (χ1) is 9.38. The lowest BCUT2D eigenvalue weighted by Gasteiger charge is -2.10. The van der Waals surface area contributed by atoms with Crippen molar-refractivity contribution in [1.29, 1.82) is 0 Å². The first kappa shape index (κ1) is 14.9. The fraction of sp³-hybridized carbons (Fsp3) is 0.200. The van der Waals surface area contributed by atoms with Gasteiger partial charge in [-0.05, 0) is 41.8 Å². The van der Waals surface area contributed by atoms with E-state index in [1.165, 1.54) is 0 Å². The van der Waals surface area contributed by atoms with Crippen LogP contribution in [0.2, 0.25) is 5.02 Å². The average Bonchev–Trinajstić information content (AvgIpc) is 2.38. The van der Waals surface area contributed by atoms with Crippen LogP contribution in [0.1, 0.15) is 25.3 Å². The van der Waals surface area contributed by atoms with Crippen molar-refractivity contribution in [1.82, 2.24) is 0 Å². The molecule has 0 aliphatic rings. The van der Waals surface area contributed by atoms with Crippen molar-refractivity contribution in [3.05, 3.63) is 59.1 Å². The van der Waals surface area contributed by atoms with Gasteiger partial charge >= 0.3 is 0 Å². The molecule has 2 rings (SSSR count). The van der Waals surface area contributed by atoms with E-state index < -0.39 is 10.0 Å². The normalized spacial score (nSPS) is 11.6. The van der Waals surface area contributed by atoms with Crippen LogP contribution in [0.15, 0.2) is 53.4 Å². The molecule has 3 nitrogen and oxygen atoms in total. The van der Waals surface area contributed by atoms with Crippen molar-refractivity contribution >= 4 is 27.3 Å². The summed E-state index contributed by atoms with van der Waals surface area (Å²) in [5.74, 6) is 0.368. The molecule has 0 aromatic heterocycles. The van der Waals surface area contributed by atoms with Crippen LogP contribution in [-0.4, -0.2) is 8.42 Å². The minimum atomic E-state index is -3.58. The summed E-state index contributed by atoms with van der Waals surface area (Å²) in [6.45, 7) is 4.13. The van der Waals surface area contributed by atoms with E-state index in [0.717, 1.165) is 5.56 Å². The second kappa shape index (κ2) is 5.85. The Morgan fingerprint density at radius 3 is 2.25 bits per heavy atom. The standard InChI is InChI=1S/C15H16ClNO2S/c1-11(2)12-6-8-15(9-7-12)20(18,19)17-14-5-3-4-13(16)10-14/h3-11,17H,1-2H3. The van der Waals surface area contributed by atoms with Crippen LogP contribution in [-0.2, 0) is 10.0 Å². The zero-order chi connectivity index (χ0) is 14.8. The molecule has 0 atom stereocenters. The Balaban J connectivity index is 2.26. The van der Waals surface area contributed by atoms with Crippen LogP contribution in [0.25, 0.3) is 0 Å². The molecule has 0 aliphatic carbocycles. The zero-order valence-electron chi connectivity index (χ0n) is 11.3. The highest BCUT2D eigenvalue weighted by Gasteiger charge is 2.14. The monoisotopic (exact) mass is 309 g/mol. The molecule has 0 heterocycles. The molecule has 0 saturated carbocycles. The molecule has 0 fully saturated rings. The Hall–Kier alpha value is -1.52. The highest BCUT2D eigenvalue weighted by molar-refractivity contribution is 7.92. The highest BCUT2D eigenvalue weighted by Crippen LogP contribution is 2.21. The fourth-order valence-corrected chi connectivity index (χ4v) is 3.04. The molecule has 106 valence electrons. The van der Waals surface area contributed by atoms with Crippen molar-refractivity contribution in [2.45, 2.75) is 24.7 Å². The van der Waals surface area contributed by atoms with Crippen LogP contribution < -0.4 is 4.72 Å². The maximum absolute atomic E-state index is 12.2. The average molecular weight is 310 g/mol. The Labute approximate surface area is 124 Å². The molecule has 0 amide bonds. The summed E-state index contributed by atoms with van der Waals surface area (Å²) in [5.41, 5.74) is 1.55. The smallest absolute Gasteiger partial charge is 0.261 e. The number of nitrogens with one attached hydrogen (secondary N) is 1. The van der Waals surface area contributed by atoms with E-state index in [0.29, 0.717) is 16.6 Å². The zero-order valence-corrected chi connectivity index (χ0v) is 12.9. The number of hydrogen-bond acceptors (Lipinski definition) is 2. The predicted octanol–water partition coefficient (Wildman–Crippen LogP) is 4.26. The van der Waals surface area contributed by atoms with Gasteiger partial charge < -0.3 is 0 Å². The summed E-state index contributed by atoms with van der Waals surface area (Å²) in [6, 6.07) is 13.5. The molecule has 5 heteroatoms. The summed E-state index contributed by atoms with van der Waals surface area (Å²) in [4.78, 5) is 0.238. The van der Waals surface area contributed by atoms with Crippen molar-refractivity contribution in [3.63, 3.8) is 0 Å². The van der Waals surface area contributed by atoms with Gasteiger partial charge in [0, 0.05) is 5.02 Å². The molecule has 0 bridgehead atoms. The molecular formula is C15H16ClNO2S. The lowest BCUT2D eigenvalue weighted by Crippen LogP contribution is -2.12. The Kier molecular flexibility index (Phi) is 4.35. The van der Waals surface area contributed by atoms with Crippen molar-refractivity contribution in [2.75, 3.05) is 4.72 Å². The van der Waals surface area contributed by atoms with E-state index in [1.54, 1.807) is 36.4 Å². The van der Waals surface area contributed by atoms with Gasteiger partial charge in [0.2, 0.25) is 0 Å². The first-order valence-corrected chi connectivity index (χ1v) is 8.13. The minimum Gasteiger partial charge on any atom is -0.280 e. The van der Waals surface area contributed by atoms with Crippen LogP contribution in [0.5, 0.6) is 0 Å². The molecule has 0 spiro atoms. The third-order valence-corrected chi connectivity index (χ3v) is 4.57. The largest absolute Gasteiger partial charge is 0.280 e. The summed E-state index contributed by atoms with van der Waals surface area (Å²) < 4.78 is 27.0. The van der Waals surface area contributed by atoms with Gasteiger partial charge in [0.1, 0.15) is 0 Å². The van der Waals surface area contributed by atoms with E-state index >= 15 is 0 Å². The molecule has 0 radical (unpaired) electrons. The number of anilines is 1. The second-order valence-corrected chi connectivity index (χ2v) is 6.96. The van der Waals surface area contributed by atoms with Gasteiger partial charge in [-0.2, -0.15) is 0 Å². The van der Waals surface area contributed by atoms with Crippen LogP contribution >= 0.6 is 11.6 Å². The summed E-state index contributed by atoms with van der Waals surface area (Å²) in [7, 11) is -3.58. The molecule has 2 aromatic carbocycles. The van der Waals surface area contributed by atoms with Crippen molar-refractivity contribution in [3.8, 4) is 0 Å². The maximum atomic E-state index is 12.2. The van der Waals surface area contributed by atoms with Crippen molar-refractivity contribution in [2.24, 2.45) is 0 Å². The molecule has 2 aromatic rings. The third-order valence-electron chi connectivity index (χ3n) is 2.93. The molecule has 0 aliphatic heterocycles. The maximum Gasteiger partial charge on any atom is 0.261 e. The SMILES string of the molecule is CC(C)c1ccc(S(=O)(=O)Nc2cccc(Cl)c2)cc1. The predicted molar refractivity (Wildman–Crippen MR) is 82.8 cm³/mol. The molecule has 0 saturated heterocycles. The third kappa shape index (κ3) is 3.52. The summed E-state index contributed by atoms with van der Waals surface area (Å²) >= 11 is 5.84. The molecule has 1 N–H and O–H groups in total. The minimum absolute atomic E-state index is 0.238. The molecule has 20 heavy (non-hydrogen) atoms. The van der Waals surface area contributed by atoms with Gasteiger partial charge in [0.15, 0.2) is 0 Å². The van der Waals surface area contributed by atoms with E-state index in [1.807, 2.05) is 12.1 Å². The summed E-state index contributed by atoms with van der Waals surface area (Å²) in [5, 5.41) is 0.486. The van der Waals surface area contributed by atoms with Crippen LogP contribution in [0, 0.1) is 0 Å². The lowest BCUT2D eigenvalue weighted by molar-refractivity contribution is 0.601. The number of sulfonamides is 1. The number of hydrogen-bond donors (Lipinski definition) is 1. The van der Waals surface area contributed by atoms with E-state index in [9.17, 15) is 8.42 Å². The van der Waals surface area contributed by atoms with E-state index in [-0.39, 0.29) is 4.90 Å². The first-order valence-electron chi connectivity index (χ1n) is 6.27. The number of rotatable bonds is 4. The van der Waals surface area contributed by atoms with Gasteiger partial charge in [-0.1, -0.05) is 43.6 Å². The van der Waals surface area contributed by atoms with Gasteiger partial charge in [0.05, 0.1) is 10.6 Å².